The van der Waals surface area contributed by atoms with Gasteiger partial charge in [0.05, 0.1) is 0 Å². The normalized spacial score (nSPS) is 15.0. The number of carboxylic acids is 1. The van der Waals surface area contributed by atoms with Gasteiger partial charge in [0.25, 0.3) is 0 Å². The van der Waals surface area contributed by atoms with Crippen molar-refractivity contribution < 1.29 is 19.4 Å². The average molecular weight is 367 g/mol. The van der Waals surface area contributed by atoms with Crippen LogP contribution in [0.5, 0.6) is 0 Å². The smallest absolute Gasteiger partial charge is 0.407 e. The quantitative estimate of drug-likeness (QED) is 0.799. The predicted molar refractivity (Wildman–Crippen MR) is 104 cm³/mol. The summed E-state index contributed by atoms with van der Waals surface area (Å²) in [6.45, 7) is 5.84. The fraction of sp³-hybridized carbons (Fsp3) is 0.364. The zero-order valence-electron chi connectivity index (χ0n) is 15.8. The van der Waals surface area contributed by atoms with Gasteiger partial charge in [-0.2, -0.15) is 0 Å². The van der Waals surface area contributed by atoms with Crippen LogP contribution >= 0.6 is 0 Å². The van der Waals surface area contributed by atoms with Crippen molar-refractivity contribution in [2.75, 3.05) is 6.61 Å². The first-order valence-electron chi connectivity index (χ1n) is 9.24. The molecule has 2 aromatic carbocycles. The lowest BCUT2D eigenvalue weighted by Gasteiger charge is -2.24. The van der Waals surface area contributed by atoms with Crippen LogP contribution in [0.1, 0.15) is 37.8 Å². The Morgan fingerprint density at radius 3 is 2.00 bits per heavy atom. The van der Waals surface area contributed by atoms with Gasteiger partial charge in [0.15, 0.2) is 0 Å². The number of benzene rings is 2. The fourth-order valence-electron chi connectivity index (χ4n) is 3.57. The summed E-state index contributed by atoms with van der Waals surface area (Å²) in [5, 5.41) is 11.9. The second-order valence-corrected chi connectivity index (χ2v) is 7.39. The molecular formula is C22H25NO4. The maximum absolute atomic E-state index is 12.3. The first-order chi connectivity index (χ1) is 12.9. The molecule has 2 aromatic rings. The molecule has 5 nitrogen and oxygen atoms in total. The van der Waals surface area contributed by atoms with Gasteiger partial charge in [-0.1, -0.05) is 69.3 Å². The minimum atomic E-state index is -1.05. The van der Waals surface area contributed by atoms with Gasteiger partial charge < -0.3 is 15.2 Å². The van der Waals surface area contributed by atoms with Crippen molar-refractivity contribution in [1.29, 1.82) is 0 Å². The Morgan fingerprint density at radius 2 is 1.52 bits per heavy atom. The molecule has 0 aromatic heterocycles. The lowest BCUT2D eigenvalue weighted by molar-refractivity contribution is -0.141. The molecule has 0 aliphatic heterocycles. The first-order valence-corrected chi connectivity index (χ1v) is 9.24. The minimum Gasteiger partial charge on any atom is -0.480 e. The van der Waals surface area contributed by atoms with Crippen molar-refractivity contribution in [3.8, 4) is 11.1 Å². The van der Waals surface area contributed by atoms with Gasteiger partial charge in [-0.25, -0.2) is 9.59 Å². The number of carbonyl (C=O) groups is 2. The van der Waals surface area contributed by atoms with Gasteiger partial charge in [0.2, 0.25) is 0 Å². The van der Waals surface area contributed by atoms with E-state index in [1.54, 1.807) is 0 Å². The van der Waals surface area contributed by atoms with Crippen LogP contribution in [0.25, 0.3) is 11.1 Å². The molecule has 0 heterocycles. The number of carbonyl (C=O) groups excluding carboxylic acids is 1. The molecule has 0 spiro atoms. The van der Waals surface area contributed by atoms with E-state index in [9.17, 15) is 14.7 Å². The summed E-state index contributed by atoms with van der Waals surface area (Å²) in [7, 11) is 0. The minimum absolute atomic E-state index is 0.0473. The van der Waals surface area contributed by atoms with Crippen LogP contribution in [0.4, 0.5) is 4.79 Å². The molecule has 1 aliphatic rings. The third-order valence-corrected chi connectivity index (χ3v) is 5.46. The molecule has 5 heteroatoms. The molecule has 0 bridgehead atoms. The molecule has 2 unspecified atom stereocenters. The van der Waals surface area contributed by atoms with Crippen LogP contribution in [0, 0.1) is 11.8 Å². The van der Waals surface area contributed by atoms with E-state index in [1.165, 1.54) is 0 Å². The highest BCUT2D eigenvalue weighted by molar-refractivity contribution is 5.81. The number of ether oxygens (including phenoxy) is 1. The number of carboxylic acid groups (broad SMARTS) is 1. The summed E-state index contributed by atoms with van der Waals surface area (Å²) in [4.78, 5) is 23.8. The monoisotopic (exact) mass is 367 g/mol. The number of rotatable bonds is 6. The number of aliphatic carboxylic acids is 1. The summed E-state index contributed by atoms with van der Waals surface area (Å²) in [5.41, 5.74) is 4.55. The largest absolute Gasteiger partial charge is 0.480 e. The highest BCUT2D eigenvalue weighted by Gasteiger charge is 2.31. The second-order valence-electron chi connectivity index (χ2n) is 7.39. The van der Waals surface area contributed by atoms with E-state index in [4.69, 9.17) is 4.74 Å². The summed E-state index contributed by atoms with van der Waals surface area (Å²) < 4.78 is 5.44. The van der Waals surface area contributed by atoms with Gasteiger partial charge in [-0.05, 0) is 34.1 Å². The Balaban J connectivity index is 1.71. The van der Waals surface area contributed by atoms with Gasteiger partial charge in [0.1, 0.15) is 12.6 Å². The Morgan fingerprint density at radius 1 is 1.00 bits per heavy atom. The van der Waals surface area contributed by atoms with E-state index in [1.807, 2.05) is 57.2 Å². The topological polar surface area (TPSA) is 75.6 Å². The fourth-order valence-corrected chi connectivity index (χ4v) is 3.57. The van der Waals surface area contributed by atoms with Crippen molar-refractivity contribution in [3.05, 3.63) is 59.7 Å². The third-order valence-electron chi connectivity index (χ3n) is 5.46. The van der Waals surface area contributed by atoms with E-state index in [-0.39, 0.29) is 24.4 Å². The maximum atomic E-state index is 12.3. The van der Waals surface area contributed by atoms with E-state index in [2.05, 4.69) is 17.4 Å². The first kappa shape index (κ1) is 19.0. The van der Waals surface area contributed by atoms with Gasteiger partial charge >= 0.3 is 12.1 Å². The number of hydrogen-bond donors (Lipinski definition) is 2. The number of nitrogens with one attached hydrogen (secondary N) is 1. The van der Waals surface area contributed by atoms with Gasteiger partial charge in [-0.15, -0.1) is 0 Å². The maximum Gasteiger partial charge on any atom is 0.407 e. The lowest BCUT2D eigenvalue weighted by Crippen LogP contribution is -2.47. The van der Waals surface area contributed by atoms with Crippen molar-refractivity contribution in [3.63, 3.8) is 0 Å². The van der Waals surface area contributed by atoms with Crippen LogP contribution in [0.2, 0.25) is 0 Å². The zero-order chi connectivity index (χ0) is 19.6. The third kappa shape index (κ3) is 3.82. The Labute approximate surface area is 159 Å². The standard InChI is InChI=1S/C22H25NO4/c1-13(2)14(3)20(21(24)25)23-22(26)27-12-19-17-10-6-4-8-15(17)16-9-5-7-11-18(16)19/h4-11,13-14,19-20H,12H2,1-3H3,(H,23,26)(H,24,25). The molecule has 2 atom stereocenters. The molecule has 1 amide bonds. The molecule has 0 saturated carbocycles. The van der Waals surface area contributed by atoms with E-state index in [0.717, 1.165) is 22.3 Å². The molecular weight excluding hydrogens is 342 g/mol. The van der Waals surface area contributed by atoms with E-state index in [0.29, 0.717) is 0 Å². The van der Waals surface area contributed by atoms with Crippen molar-refractivity contribution in [2.24, 2.45) is 11.8 Å². The molecule has 2 N–H and O–H groups in total. The highest BCUT2D eigenvalue weighted by Crippen LogP contribution is 2.44. The van der Waals surface area contributed by atoms with Crippen LogP contribution < -0.4 is 5.32 Å². The molecule has 27 heavy (non-hydrogen) atoms. The van der Waals surface area contributed by atoms with Crippen LogP contribution in [-0.4, -0.2) is 29.8 Å². The van der Waals surface area contributed by atoms with E-state index < -0.39 is 18.1 Å². The molecule has 0 fully saturated rings. The molecule has 0 saturated heterocycles. The van der Waals surface area contributed by atoms with Crippen LogP contribution in [-0.2, 0) is 9.53 Å². The molecule has 142 valence electrons. The summed E-state index contributed by atoms with van der Waals surface area (Å²) in [6, 6.07) is 15.2. The zero-order valence-corrected chi connectivity index (χ0v) is 15.8. The SMILES string of the molecule is CC(C)C(C)C(NC(=O)OCC1c2ccccc2-c2ccccc21)C(=O)O. The number of fused-ring (bicyclic) bond motifs is 3. The lowest BCUT2D eigenvalue weighted by atomic mass is 9.90. The van der Waals surface area contributed by atoms with Crippen LogP contribution in [0.3, 0.4) is 0 Å². The summed E-state index contributed by atoms with van der Waals surface area (Å²) in [5.74, 6) is -1.18. The molecule has 3 rings (SSSR count). The molecule has 0 radical (unpaired) electrons. The summed E-state index contributed by atoms with van der Waals surface area (Å²) in [6.07, 6.45) is -0.697. The van der Waals surface area contributed by atoms with Crippen molar-refractivity contribution in [1.82, 2.24) is 5.32 Å². The van der Waals surface area contributed by atoms with Gasteiger partial charge in [-0.3, -0.25) is 0 Å². The number of amides is 1. The Bertz CT molecular complexity index is 800. The van der Waals surface area contributed by atoms with Crippen LogP contribution in [0.15, 0.2) is 48.5 Å². The van der Waals surface area contributed by atoms with Crippen molar-refractivity contribution in [2.45, 2.75) is 32.7 Å². The summed E-state index contributed by atoms with van der Waals surface area (Å²) >= 11 is 0. The number of hydrogen-bond acceptors (Lipinski definition) is 3. The Hall–Kier alpha value is -2.82. The Kier molecular flexibility index (Phi) is 5.49. The number of alkyl carbamates (subject to hydrolysis) is 1. The van der Waals surface area contributed by atoms with Gasteiger partial charge in [0, 0.05) is 5.92 Å². The predicted octanol–water partition coefficient (Wildman–Crippen LogP) is 4.27. The van der Waals surface area contributed by atoms with Crippen molar-refractivity contribution >= 4 is 12.1 Å². The highest BCUT2D eigenvalue weighted by atomic mass is 16.5. The van der Waals surface area contributed by atoms with E-state index >= 15 is 0 Å². The molecule has 1 aliphatic carbocycles. The average Bonchev–Trinajstić information content (AvgIpc) is 2.97. The second kappa shape index (κ2) is 7.82.